The summed E-state index contributed by atoms with van der Waals surface area (Å²) < 4.78 is 7.23. The van der Waals surface area contributed by atoms with E-state index in [9.17, 15) is 9.90 Å². The lowest BCUT2D eigenvalue weighted by atomic mass is 10.0. The number of aliphatic hydroxyl groups is 1. The highest BCUT2D eigenvalue weighted by molar-refractivity contribution is 6.07. The Morgan fingerprint density at radius 2 is 2.00 bits per heavy atom. The van der Waals surface area contributed by atoms with Crippen molar-refractivity contribution in [2.45, 2.75) is 26.3 Å². The quantitative estimate of drug-likeness (QED) is 0.393. The van der Waals surface area contributed by atoms with E-state index in [1.165, 1.54) is 0 Å². The number of hydrogen-bond acceptors (Lipinski definition) is 3. The first-order valence-electron chi connectivity index (χ1n) is 6.18. The molecule has 1 N–H and O–H groups in total. The number of ether oxygens (including phenoxy) is 1. The Hall–Kier alpha value is -2.10. The average Bonchev–Trinajstić information content (AvgIpc) is 2.67. The van der Waals surface area contributed by atoms with Gasteiger partial charge in [-0.3, -0.25) is 4.79 Å². The molecule has 1 heterocycles. The summed E-state index contributed by atoms with van der Waals surface area (Å²) in [6.45, 7) is 6.20. The molecule has 0 radical (unpaired) electrons. The van der Waals surface area contributed by atoms with Crippen LogP contribution in [0, 0.1) is 0 Å². The Balaban J connectivity index is 2.43. The van der Waals surface area contributed by atoms with Gasteiger partial charge in [-0.2, -0.15) is 4.58 Å². The molecule has 100 valence electrons. The molecule has 1 aliphatic rings. The van der Waals surface area contributed by atoms with Crippen LogP contribution in [0.5, 0.6) is 0 Å². The zero-order valence-electron chi connectivity index (χ0n) is 11.4. The first kappa shape index (κ1) is 13.3. The van der Waals surface area contributed by atoms with Crippen molar-refractivity contribution in [2.24, 2.45) is 0 Å². The molecule has 0 aliphatic carbocycles. The monoisotopic (exact) mass is 260 g/mol. The van der Waals surface area contributed by atoms with Crippen LogP contribution in [0.25, 0.3) is 0 Å². The number of allylic oxidation sites excluding steroid dienone is 1. The van der Waals surface area contributed by atoms with Gasteiger partial charge in [-0.1, -0.05) is 30.3 Å². The normalized spacial score (nSPS) is 18.4. The Labute approximate surface area is 112 Å². The van der Waals surface area contributed by atoms with Crippen LogP contribution in [-0.2, 0) is 4.74 Å². The van der Waals surface area contributed by atoms with E-state index < -0.39 is 0 Å². The van der Waals surface area contributed by atoms with E-state index in [4.69, 9.17) is 4.74 Å². The maximum atomic E-state index is 12.5. The van der Waals surface area contributed by atoms with Crippen LogP contribution in [0.4, 0.5) is 0 Å². The third-order valence-electron chi connectivity index (χ3n) is 3.19. The lowest BCUT2D eigenvalue weighted by Crippen LogP contribution is -2.37. The van der Waals surface area contributed by atoms with E-state index in [-0.39, 0.29) is 17.0 Å². The lowest BCUT2D eigenvalue weighted by Gasteiger charge is -2.14. The van der Waals surface area contributed by atoms with Gasteiger partial charge in [0.15, 0.2) is 18.4 Å². The molecule has 0 aromatic heterocycles. The maximum Gasteiger partial charge on any atom is 0.339 e. The van der Waals surface area contributed by atoms with Crippen molar-refractivity contribution < 1.29 is 19.2 Å². The second kappa shape index (κ2) is 4.88. The number of rotatable bonds is 3. The fourth-order valence-electron chi connectivity index (χ4n) is 2.29. The Morgan fingerprint density at radius 3 is 2.47 bits per heavy atom. The van der Waals surface area contributed by atoms with Crippen LogP contribution in [0.3, 0.4) is 0 Å². The number of Topliss-reactive ketones (excluding diaryl/α,β-unsaturated/α-hetero) is 1. The second-order valence-corrected chi connectivity index (χ2v) is 5.17. The third kappa shape index (κ3) is 2.38. The minimum absolute atomic E-state index is 0.221. The number of benzene rings is 1. The van der Waals surface area contributed by atoms with Crippen LogP contribution in [0.1, 0.15) is 31.1 Å². The lowest BCUT2D eigenvalue weighted by molar-refractivity contribution is -0.539. The van der Waals surface area contributed by atoms with Gasteiger partial charge in [-0.05, 0) is 0 Å². The molecule has 0 bridgehead atoms. The SMILES string of the molecule is CC1=[N+](/C(=C/O)C(=O)c2ccccc2)C(C)(C)CO1. The van der Waals surface area contributed by atoms with Gasteiger partial charge in [-0.15, -0.1) is 0 Å². The van der Waals surface area contributed by atoms with Gasteiger partial charge in [0.1, 0.15) is 0 Å². The van der Waals surface area contributed by atoms with Crippen LogP contribution in [0.15, 0.2) is 42.3 Å². The van der Waals surface area contributed by atoms with Crippen molar-refractivity contribution in [3.63, 3.8) is 0 Å². The zero-order chi connectivity index (χ0) is 14.0. The summed E-state index contributed by atoms with van der Waals surface area (Å²) in [4.78, 5) is 12.5. The fourth-order valence-corrected chi connectivity index (χ4v) is 2.29. The van der Waals surface area contributed by atoms with Gasteiger partial charge in [-0.25, -0.2) is 0 Å². The minimum Gasteiger partial charge on any atom is -0.509 e. The standard InChI is InChI=1S/C15H17NO3/c1-11-16(15(2,3)10-19-11)13(9-17)14(18)12-7-5-4-6-8-12/h4-9H,10H2,1-3H3/p+1. The van der Waals surface area contributed by atoms with Gasteiger partial charge < -0.3 is 9.84 Å². The first-order valence-corrected chi connectivity index (χ1v) is 6.18. The van der Waals surface area contributed by atoms with E-state index in [0.717, 1.165) is 6.26 Å². The number of aliphatic hydroxyl groups excluding tert-OH is 1. The third-order valence-corrected chi connectivity index (χ3v) is 3.19. The average molecular weight is 260 g/mol. The Bertz CT molecular complexity index is 556. The van der Waals surface area contributed by atoms with Crippen molar-refractivity contribution in [1.29, 1.82) is 0 Å². The van der Waals surface area contributed by atoms with Crippen molar-refractivity contribution in [1.82, 2.24) is 0 Å². The van der Waals surface area contributed by atoms with Crippen molar-refractivity contribution in [3.8, 4) is 0 Å². The molecule has 2 rings (SSSR count). The molecule has 1 aromatic rings. The maximum absolute atomic E-state index is 12.5. The van der Waals surface area contributed by atoms with E-state index >= 15 is 0 Å². The predicted molar refractivity (Wildman–Crippen MR) is 72.5 cm³/mol. The number of ketones is 1. The molecular formula is C15H18NO3+. The summed E-state index contributed by atoms with van der Waals surface area (Å²) in [6.07, 6.45) is 0.856. The number of nitrogens with zero attached hydrogens (tertiary/aromatic N) is 1. The Kier molecular flexibility index (Phi) is 3.42. The molecular weight excluding hydrogens is 242 g/mol. The Morgan fingerprint density at radius 1 is 1.37 bits per heavy atom. The summed E-state index contributed by atoms with van der Waals surface area (Å²) in [5.74, 6) is 0.399. The highest BCUT2D eigenvalue weighted by atomic mass is 16.5. The highest BCUT2D eigenvalue weighted by Crippen LogP contribution is 2.23. The van der Waals surface area contributed by atoms with E-state index in [2.05, 4.69) is 0 Å². The minimum atomic E-state index is -0.358. The van der Waals surface area contributed by atoms with Gasteiger partial charge in [0.2, 0.25) is 0 Å². The van der Waals surface area contributed by atoms with Gasteiger partial charge in [0.05, 0.1) is 6.92 Å². The largest absolute Gasteiger partial charge is 0.509 e. The molecule has 19 heavy (non-hydrogen) atoms. The van der Waals surface area contributed by atoms with Crippen LogP contribution < -0.4 is 0 Å². The summed E-state index contributed by atoms with van der Waals surface area (Å²) in [6, 6.07) is 8.89. The predicted octanol–water partition coefficient (Wildman–Crippen LogP) is 2.51. The van der Waals surface area contributed by atoms with Crippen molar-refractivity contribution >= 4 is 11.7 Å². The molecule has 0 fully saturated rings. The molecule has 0 unspecified atom stereocenters. The number of carbonyl (C=O) groups excluding carboxylic acids is 1. The van der Waals surface area contributed by atoms with E-state index in [0.29, 0.717) is 18.1 Å². The second-order valence-electron chi connectivity index (χ2n) is 5.17. The van der Waals surface area contributed by atoms with Crippen LogP contribution in [-0.4, -0.2) is 33.5 Å². The van der Waals surface area contributed by atoms with Crippen LogP contribution >= 0.6 is 0 Å². The molecule has 0 amide bonds. The van der Waals surface area contributed by atoms with Gasteiger partial charge >= 0.3 is 5.90 Å². The first-order chi connectivity index (χ1) is 8.97. The summed E-state index contributed by atoms with van der Waals surface area (Å²) >= 11 is 0. The molecule has 4 heteroatoms. The molecule has 1 aromatic carbocycles. The molecule has 0 spiro atoms. The van der Waals surface area contributed by atoms with E-state index in [1.54, 1.807) is 35.8 Å². The summed E-state index contributed by atoms with van der Waals surface area (Å²) in [7, 11) is 0. The van der Waals surface area contributed by atoms with Crippen molar-refractivity contribution in [3.05, 3.63) is 47.9 Å². The number of hydrogen-bond donors (Lipinski definition) is 1. The highest BCUT2D eigenvalue weighted by Gasteiger charge is 2.45. The molecule has 4 nitrogen and oxygen atoms in total. The molecule has 0 atom stereocenters. The van der Waals surface area contributed by atoms with Crippen molar-refractivity contribution in [2.75, 3.05) is 6.61 Å². The zero-order valence-corrected chi connectivity index (χ0v) is 11.4. The summed E-state index contributed by atoms with van der Waals surface area (Å²) in [5, 5.41) is 9.47. The molecule has 1 aliphatic heterocycles. The molecule has 0 saturated heterocycles. The summed E-state index contributed by atoms with van der Waals surface area (Å²) in [5.41, 5.74) is 0.410. The smallest absolute Gasteiger partial charge is 0.339 e. The van der Waals surface area contributed by atoms with Gasteiger partial charge in [0, 0.05) is 19.4 Å². The topological polar surface area (TPSA) is 49.5 Å². The molecule has 0 saturated carbocycles. The number of carbonyl (C=O) groups is 1. The van der Waals surface area contributed by atoms with Crippen LogP contribution in [0.2, 0.25) is 0 Å². The van der Waals surface area contributed by atoms with Gasteiger partial charge in [0.25, 0.3) is 11.5 Å². The van der Waals surface area contributed by atoms with E-state index in [1.807, 2.05) is 19.9 Å². The fraction of sp³-hybridized carbons (Fsp3) is 0.333.